The van der Waals surface area contributed by atoms with Gasteiger partial charge in [0.15, 0.2) is 12.4 Å². The first-order valence-electron chi connectivity index (χ1n) is 10.5. The Morgan fingerprint density at radius 2 is 1.86 bits per heavy atom. The average molecular weight is 402 g/mol. The molecule has 0 aromatic rings. The van der Waals surface area contributed by atoms with E-state index in [-0.39, 0.29) is 29.5 Å². The number of aliphatic hydroxyl groups is 2. The predicted octanol–water partition coefficient (Wildman–Crippen LogP) is 2.27. The molecule has 2 N–H and O–H groups in total. The van der Waals surface area contributed by atoms with Crippen molar-refractivity contribution in [1.29, 1.82) is 0 Å². The van der Waals surface area contributed by atoms with Crippen LogP contribution in [0.1, 0.15) is 59.3 Å². The van der Waals surface area contributed by atoms with Gasteiger partial charge in [-0.2, -0.15) is 0 Å². The Balaban J connectivity index is 1.67. The second-order valence-electron chi connectivity index (χ2n) is 9.80. The summed E-state index contributed by atoms with van der Waals surface area (Å²) < 4.78 is 4.86. The zero-order chi connectivity index (χ0) is 21.2. The van der Waals surface area contributed by atoms with Crippen LogP contribution in [0.3, 0.4) is 0 Å². The lowest BCUT2D eigenvalue weighted by molar-refractivity contribution is -0.214. The number of allylic oxidation sites excluding steroid dienone is 4. The number of ether oxygens (including phenoxy) is 1. The van der Waals surface area contributed by atoms with Gasteiger partial charge in [0.25, 0.3) is 0 Å². The molecule has 6 nitrogen and oxygen atoms in total. The van der Waals surface area contributed by atoms with Gasteiger partial charge >= 0.3 is 5.97 Å². The third-order valence-corrected chi connectivity index (χ3v) is 8.76. The van der Waals surface area contributed by atoms with E-state index in [1.807, 2.05) is 13.0 Å². The number of ketones is 2. The minimum absolute atomic E-state index is 0.0154. The number of fused-ring (bicyclic) bond motifs is 5. The second kappa shape index (κ2) is 6.35. The first kappa shape index (κ1) is 20.5. The van der Waals surface area contributed by atoms with Crippen molar-refractivity contribution in [3.8, 4) is 0 Å². The van der Waals surface area contributed by atoms with Crippen LogP contribution in [0.2, 0.25) is 0 Å². The molecule has 4 aliphatic rings. The van der Waals surface area contributed by atoms with Crippen molar-refractivity contribution in [3.63, 3.8) is 0 Å². The summed E-state index contributed by atoms with van der Waals surface area (Å²) in [6.07, 6.45) is 8.55. The highest BCUT2D eigenvalue weighted by atomic mass is 16.5. The van der Waals surface area contributed by atoms with Crippen molar-refractivity contribution in [2.24, 2.45) is 22.7 Å². The molecule has 3 saturated carbocycles. The van der Waals surface area contributed by atoms with Crippen LogP contribution in [-0.2, 0) is 19.1 Å². The Bertz CT molecular complexity index is 842. The summed E-state index contributed by atoms with van der Waals surface area (Å²) in [6.45, 7) is 4.71. The van der Waals surface area contributed by atoms with E-state index in [2.05, 4.69) is 6.92 Å². The minimum Gasteiger partial charge on any atom is -0.458 e. The Morgan fingerprint density at radius 3 is 2.55 bits per heavy atom. The average Bonchev–Trinajstić information content (AvgIpc) is 2.89. The maximum Gasteiger partial charge on any atom is 0.303 e. The van der Waals surface area contributed by atoms with Crippen LogP contribution in [0.4, 0.5) is 0 Å². The third kappa shape index (κ3) is 2.58. The maximum absolute atomic E-state index is 12.9. The lowest BCUT2D eigenvalue weighted by atomic mass is 9.45. The summed E-state index contributed by atoms with van der Waals surface area (Å²) in [5, 5.41) is 23.4. The molecule has 0 aliphatic heterocycles. The molecule has 0 amide bonds. The topological polar surface area (TPSA) is 101 Å². The van der Waals surface area contributed by atoms with E-state index >= 15 is 0 Å². The van der Waals surface area contributed by atoms with Crippen molar-refractivity contribution < 1.29 is 29.3 Å². The summed E-state index contributed by atoms with van der Waals surface area (Å²) in [5.74, 6) is -1.01. The summed E-state index contributed by atoms with van der Waals surface area (Å²) in [7, 11) is 0. The van der Waals surface area contributed by atoms with Crippen molar-refractivity contribution in [2.45, 2.75) is 70.5 Å². The molecule has 6 atom stereocenters. The monoisotopic (exact) mass is 402 g/mol. The molecule has 0 heterocycles. The van der Waals surface area contributed by atoms with Gasteiger partial charge in [0, 0.05) is 17.8 Å². The largest absolute Gasteiger partial charge is 0.458 e. The Labute approximate surface area is 171 Å². The fraction of sp³-hybridized carbons (Fsp3) is 0.696. The first-order chi connectivity index (χ1) is 13.5. The van der Waals surface area contributed by atoms with Crippen molar-refractivity contribution in [2.75, 3.05) is 6.61 Å². The van der Waals surface area contributed by atoms with Crippen LogP contribution >= 0.6 is 0 Å². The van der Waals surface area contributed by atoms with Gasteiger partial charge in [0.1, 0.15) is 5.60 Å². The zero-order valence-corrected chi connectivity index (χ0v) is 17.4. The molecule has 0 radical (unpaired) electrons. The van der Waals surface area contributed by atoms with Gasteiger partial charge in [0.05, 0.1) is 5.60 Å². The Hall–Kier alpha value is -1.79. The molecule has 158 valence electrons. The molecule has 0 spiro atoms. The van der Waals surface area contributed by atoms with E-state index in [4.69, 9.17) is 4.74 Å². The third-order valence-electron chi connectivity index (χ3n) is 8.76. The summed E-state index contributed by atoms with van der Waals surface area (Å²) in [5.41, 5.74) is -3.05. The van der Waals surface area contributed by atoms with E-state index in [0.29, 0.717) is 12.8 Å². The minimum atomic E-state index is -1.71. The molecule has 4 aliphatic carbocycles. The molecule has 6 heteroatoms. The van der Waals surface area contributed by atoms with Gasteiger partial charge in [-0.05, 0) is 62.5 Å². The standard InChI is InChI=1S/C23H30O6/c1-14(24)29-13-19(26)23(28)11-10-22(27)18-5-4-15-12-16(25)6-8-20(15,2)17(18)7-9-21(22,23)3/h6,8,12,17-18,27-28H,4-5,7,9-11,13H2,1-3H3/t17-,18+,20-,21-,22+,23-/m0/s1. The summed E-state index contributed by atoms with van der Waals surface area (Å²) >= 11 is 0. The fourth-order valence-electron chi connectivity index (χ4n) is 6.92. The quantitative estimate of drug-likeness (QED) is 0.703. The van der Waals surface area contributed by atoms with Gasteiger partial charge in [-0.25, -0.2) is 0 Å². The Morgan fingerprint density at radius 1 is 1.14 bits per heavy atom. The number of esters is 1. The van der Waals surface area contributed by atoms with Gasteiger partial charge in [-0.3, -0.25) is 14.4 Å². The smallest absolute Gasteiger partial charge is 0.303 e. The normalized spacial score (nSPS) is 45.7. The second-order valence-corrected chi connectivity index (χ2v) is 9.80. The lowest BCUT2D eigenvalue weighted by Crippen LogP contribution is -2.66. The van der Waals surface area contributed by atoms with Gasteiger partial charge in [-0.15, -0.1) is 0 Å². The van der Waals surface area contributed by atoms with Gasteiger partial charge in [0.2, 0.25) is 5.78 Å². The van der Waals surface area contributed by atoms with Crippen LogP contribution in [0.25, 0.3) is 0 Å². The molecule has 29 heavy (non-hydrogen) atoms. The van der Waals surface area contributed by atoms with E-state index in [1.165, 1.54) is 6.92 Å². The fourth-order valence-corrected chi connectivity index (χ4v) is 6.92. The summed E-state index contributed by atoms with van der Waals surface area (Å²) in [4.78, 5) is 35.9. The van der Waals surface area contributed by atoms with Gasteiger partial charge < -0.3 is 14.9 Å². The van der Waals surface area contributed by atoms with Crippen LogP contribution in [0, 0.1) is 22.7 Å². The van der Waals surface area contributed by atoms with Crippen LogP contribution in [0.5, 0.6) is 0 Å². The van der Waals surface area contributed by atoms with E-state index < -0.39 is 35.0 Å². The highest BCUT2D eigenvalue weighted by Gasteiger charge is 2.73. The number of carbonyl (C=O) groups is 3. The predicted molar refractivity (Wildman–Crippen MR) is 105 cm³/mol. The van der Waals surface area contributed by atoms with E-state index in [0.717, 1.165) is 24.8 Å². The summed E-state index contributed by atoms with van der Waals surface area (Å²) in [6, 6.07) is 0. The van der Waals surface area contributed by atoms with E-state index in [1.54, 1.807) is 12.2 Å². The zero-order valence-electron chi connectivity index (χ0n) is 17.4. The molecule has 0 saturated heterocycles. The first-order valence-corrected chi connectivity index (χ1v) is 10.5. The maximum atomic E-state index is 12.9. The number of carbonyl (C=O) groups excluding carboxylic acids is 3. The molecule has 0 bridgehead atoms. The Kier molecular flexibility index (Phi) is 4.49. The van der Waals surface area contributed by atoms with Gasteiger partial charge in [-0.1, -0.05) is 25.5 Å². The lowest BCUT2D eigenvalue weighted by Gasteiger charge is -2.61. The van der Waals surface area contributed by atoms with Crippen molar-refractivity contribution in [3.05, 3.63) is 23.8 Å². The number of rotatable bonds is 3. The molecule has 0 aromatic heterocycles. The van der Waals surface area contributed by atoms with Crippen LogP contribution in [-0.4, -0.2) is 45.6 Å². The van der Waals surface area contributed by atoms with Crippen molar-refractivity contribution >= 4 is 17.5 Å². The van der Waals surface area contributed by atoms with Crippen LogP contribution in [0.15, 0.2) is 23.8 Å². The highest BCUT2D eigenvalue weighted by Crippen LogP contribution is 2.68. The molecule has 4 rings (SSSR count). The number of Topliss-reactive ketones (excluding diaryl/α,β-unsaturated/α-hetero) is 1. The molecule has 0 aromatic carbocycles. The number of hydrogen-bond donors (Lipinski definition) is 2. The highest BCUT2D eigenvalue weighted by molar-refractivity contribution is 6.01. The van der Waals surface area contributed by atoms with Crippen molar-refractivity contribution in [1.82, 2.24) is 0 Å². The SMILES string of the molecule is CC(=O)OCC(=O)[C@@]1(O)CC[C@@]2(O)[C@@H]3CCC4=CC(=O)C=C[C@]4(C)[C@H]3CC[C@@]21C. The molecule has 0 unspecified atom stereocenters. The molecular formula is C23H30O6. The van der Waals surface area contributed by atoms with Crippen LogP contribution < -0.4 is 0 Å². The molecular weight excluding hydrogens is 372 g/mol. The number of hydrogen-bond acceptors (Lipinski definition) is 6. The van der Waals surface area contributed by atoms with E-state index in [9.17, 15) is 24.6 Å². The molecule has 3 fully saturated rings.